The van der Waals surface area contributed by atoms with E-state index in [2.05, 4.69) is 11.4 Å². The molecular formula is C11H17ClN2O. The fraction of sp³-hybridized carbons (Fsp3) is 0.545. The number of nitrogens with zero attached hydrogens (tertiary/aromatic N) is 1. The molecule has 1 aromatic heterocycles. The normalized spacial score (nSPS) is 17.1. The number of hydrogen-bond donors (Lipinski definition) is 1. The van der Waals surface area contributed by atoms with Gasteiger partial charge in [0.1, 0.15) is 0 Å². The van der Waals surface area contributed by atoms with Crippen LogP contribution in [0, 0.1) is 0 Å². The monoisotopic (exact) mass is 228 g/mol. The molecular weight excluding hydrogens is 212 g/mol. The van der Waals surface area contributed by atoms with Crippen LogP contribution in [0.3, 0.4) is 0 Å². The minimum atomic E-state index is 0. The minimum absolute atomic E-state index is 0. The van der Waals surface area contributed by atoms with Crippen LogP contribution in [0.25, 0.3) is 0 Å². The van der Waals surface area contributed by atoms with Crippen molar-refractivity contribution in [2.45, 2.75) is 18.8 Å². The van der Waals surface area contributed by atoms with Crippen LogP contribution in [-0.2, 0) is 7.05 Å². The van der Waals surface area contributed by atoms with Gasteiger partial charge in [-0.25, -0.2) is 0 Å². The molecule has 0 aliphatic carbocycles. The van der Waals surface area contributed by atoms with E-state index < -0.39 is 0 Å². The first-order valence-electron chi connectivity index (χ1n) is 5.14. The number of pyridine rings is 1. The summed E-state index contributed by atoms with van der Waals surface area (Å²) in [6.07, 6.45) is 4.15. The molecule has 2 rings (SSSR count). The summed E-state index contributed by atoms with van der Waals surface area (Å²) in [6.45, 7) is 2.14. The molecule has 2 heterocycles. The van der Waals surface area contributed by atoms with Crippen molar-refractivity contribution in [1.29, 1.82) is 0 Å². The van der Waals surface area contributed by atoms with E-state index in [9.17, 15) is 4.79 Å². The maximum atomic E-state index is 11.4. The standard InChI is InChI=1S/C11H16N2O.ClH/c1-13-7-4-10(8-11(13)14)9-2-5-12-6-3-9;/h4,7-9,12H,2-3,5-6H2,1H3;1H. The average Bonchev–Trinajstić information content (AvgIpc) is 2.23. The summed E-state index contributed by atoms with van der Waals surface area (Å²) in [7, 11) is 1.79. The van der Waals surface area contributed by atoms with Gasteiger partial charge < -0.3 is 9.88 Å². The summed E-state index contributed by atoms with van der Waals surface area (Å²) in [6, 6.07) is 3.84. The van der Waals surface area contributed by atoms with Crippen LogP contribution in [0.5, 0.6) is 0 Å². The van der Waals surface area contributed by atoms with Gasteiger partial charge in [0, 0.05) is 19.3 Å². The summed E-state index contributed by atoms with van der Waals surface area (Å²) in [5.74, 6) is 0.574. The molecule has 0 bridgehead atoms. The first-order chi connectivity index (χ1) is 6.77. The van der Waals surface area contributed by atoms with Crippen molar-refractivity contribution in [2.75, 3.05) is 13.1 Å². The molecule has 1 N–H and O–H groups in total. The van der Waals surface area contributed by atoms with Gasteiger partial charge in [0.25, 0.3) is 5.56 Å². The molecule has 0 radical (unpaired) electrons. The van der Waals surface area contributed by atoms with Crippen LogP contribution >= 0.6 is 12.4 Å². The fourth-order valence-corrected chi connectivity index (χ4v) is 1.97. The molecule has 0 aromatic carbocycles. The van der Waals surface area contributed by atoms with Crippen LogP contribution in [0.2, 0.25) is 0 Å². The second-order valence-corrected chi connectivity index (χ2v) is 3.93. The van der Waals surface area contributed by atoms with Crippen molar-refractivity contribution in [2.24, 2.45) is 7.05 Å². The van der Waals surface area contributed by atoms with E-state index >= 15 is 0 Å². The van der Waals surface area contributed by atoms with Crippen LogP contribution in [0.1, 0.15) is 24.3 Å². The first kappa shape index (κ1) is 12.3. The molecule has 3 nitrogen and oxygen atoms in total. The highest BCUT2D eigenvalue weighted by atomic mass is 35.5. The SMILES string of the molecule is Cl.Cn1ccc(C2CCNCC2)cc1=O. The van der Waals surface area contributed by atoms with Crippen molar-refractivity contribution >= 4 is 12.4 Å². The Morgan fingerprint density at radius 1 is 1.40 bits per heavy atom. The summed E-state index contributed by atoms with van der Waals surface area (Å²) in [5.41, 5.74) is 1.30. The molecule has 0 atom stereocenters. The van der Waals surface area contributed by atoms with Gasteiger partial charge in [-0.1, -0.05) is 0 Å². The van der Waals surface area contributed by atoms with Crippen LogP contribution in [0.4, 0.5) is 0 Å². The lowest BCUT2D eigenvalue weighted by Gasteiger charge is -2.22. The number of aromatic nitrogens is 1. The van der Waals surface area contributed by atoms with Gasteiger partial charge in [-0.2, -0.15) is 0 Å². The van der Waals surface area contributed by atoms with Gasteiger partial charge in [-0.05, 0) is 43.5 Å². The van der Waals surface area contributed by atoms with E-state index in [4.69, 9.17) is 0 Å². The Morgan fingerprint density at radius 2 is 2.07 bits per heavy atom. The Hall–Kier alpha value is -0.800. The van der Waals surface area contributed by atoms with Gasteiger partial charge in [0.05, 0.1) is 0 Å². The van der Waals surface area contributed by atoms with Gasteiger partial charge in [-0.3, -0.25) is 4.79 Å². The molecule has 0 spiro atoms. The topological polar surface area (TPSA) is 34.0 Å². The number of rotatable bonds is 1. The quantitative estimate of drug-likeness (QED) is 0.786. The Balaban J connectivity index is 0.00000112. The van der Waals surface area contributed by atoms with Crippen LogP contribution in [-0.4, -0.2) is 17.7 Å². The zero-order valence-corrected chi connectivity index (χ0v) is 9.72. The Labute approximate surface area is 95.9 Å². The molecule has 1 fully saturated rings. The van der Waals surface area contributed by atoms with Crippen molar-refractivity contribution in [3.05, 3.63) is 34.2 Å². The summed E-state index contributed by atoms with van der Waals surface area (Å²) in [5, 5.41) is 3.33. The zero-order valence-electron chi connectivity index (χ0n) is 8.90. The van der Waals surface area contributed by atoms with E-state index in [1.54, 1.807) is 17.7 Å². The third kappa shape index (κ3) is 2.83. The summed E-state index contributed by atoms with van der Waals surface area (Å²) >= 11 is 0. The summed E-state index contributed by atoms with van der Waals surface area (Å²) in [4.78, 5) is 11.4. The first-order valence-corrected chi connectivity index (χ1v) is 5.14. The van der Waals surface area contributed by atoms with E-state index in [0.29, 0.717) is 5.92 Å². The lowest BCUT2D eigenvalue weighted by atomic mass is 9.91. The molecule has 1 aliphatic rings. The van der Waals surface area contributed by atoms with Crippen LogP contribution in [0.15, 0.2) is 23.1 Å². The number of hydrogen-bond acceptors (Lipinski definition) is 2. The largest absolute Gasteiger partial charge is 0.319 e. The molecule has 1 saturated heterocycles. The van der Waals surface area contributed by atoms with E-state index in [1.165, 1.54) is 5.56 Å². The predicted octanol–water partition coefficient (Wildman–Crippen LogP) is 1.27. The lowest BCUT2D eigenvalue weighted by molar-refractivity contribution is 0.459. The second kappa shape index (κ2) is 5.33. The highest BCUT2D eigenvalue weighted by molar-refractivity contribution is 5.85. The van der Waals surface area contributed by atoms with Crippen molar-refractivity contribution in [3.8, 4) is 0 Å². The zero-order chi connectivity index (χ0) is 9.97. The molecule has 1 aliphatic heterocycles. The molecule has 84 valence electrons. The van der Waals surface area contributed by atoms with E-state index in [0.717, 1.165) is 25.9 Å². The third-order valence-corrected chi connectivity index (χ3v) is 2.94. The Bertz CT molecular complexity index is 369. The van der Waals surface area contributed by atoms with E-state index in [1.807, 2.05) is 6.20 Å². The maximum Gasteiger partial charge on any atom is 0.250 e. The smallest absolute Gasteiger partial charge is 0.250 e. The second-order valence-electron chi connectivity index (χ2n) is 3.93. The molecule has 4 heteroatoms. The Kier molecular flexibility index (Phi) is 4.36. The predicted molar refractivity (Wildman–Crippen MR) is 63.8 cm³/mol. The average molecular weight is 229 g/mol. The minimum Gasteiger partial charge on any atom is -0.319 e. The number of halogens is 1. The van der Waals surface area contributed by atoms with Gasteiger partial charge in [-0.15, -0.1) is 12.4 Å². The van der Waals surface area contributed by atoms with Crippen molar-refractivity contribution < 1.29 is 0 Å². The fourth-order valence-electron chi connectivity index (χ4n) is 1.97. The molecule has 0 amide bonds. The number of piperidine rings is 1. The summed E-state index contributed by atoms with van der Waals surface area (Å²) < 4.78 is 1.62. The third-order valence-electron chi connectivity index (χ3n) is 2.94. The molecule has 15 heavy (non-hydrogen) atoms. The Morgan fingerprint density at radius 3 is 2.67 bits per heavy atom. The molecule has 0 unspecified atom stereocenters. The maximum absolute atomic E-state index is 11.4. The number of aryl methyl sites for hydroxylation is 1. The highest BCUT2D eigenvalue weighted by Crippen LogP contribution is 2.23. The molecule has 0 saturated carbocycles. The van der Waals surface area contributed by atoms with Crippen LogP contribution < -0.4 is 10.9 Å². The van der Waals surface area contributed by atoms with Gasteiger partial charge in [0.15, 0.2) is 0 Å². The van der Waals surface area contributed by atoms with Crippen molar-refractivity contribution in [1.82, 2.24) is 9.88 Å². The lowest BCUT2D eigenvalue weighted by Crippen LogP contribution is -2.27. The molecule has 1 aromatic rings. The number of nitrogens with one attached hydrogen (secondary N) is 1. The van der Waals surface area contributed by atoms with Gasteiger partial charge >= 0.3 is 0 Å². The van der Waals surface area contributed by atoms with E-state index in [-0.39, 0.29) is 18.0 Å². The highest BCUT2D eigenvalue weighted by Gasteiger charge is 2.15. The van der Waals surface area contributed by atoms with Gasteiger partial charge in [0.2, 0.25) is 0 Å². The van der Waals surface area contributed by atoms with Crippen molar-refractivity contribution in [3.63, 3.8) is 0 Å².